The number of ether oxygens (including phenoxy) is 1. The van der Waals surface area contributed by atoms with Crippen LogP contribution < -0.4 is 5.32 Å². The summed E-state index contributed by atoms with van der Waals surface area (Å²) in [6, 6.07) is 4.28. The van der Waals surface area contributed by atoms with E-state index in [1.54, 1.807) is 24.4 Å². The van der Waals surface area contributed by atoms with E-state index in [0.29, 0.717) is 26.4 Å². The normalized spacial score (nSPS) is 13.6. The van der Waals surface area contributed by atoms with Gasteiger partial charge in [-0.3, -0.25) is 4.79 Å². The molecule has 1 aliphatic rings. The zero-order valence-electron chi connectivity index (χ0n) is 18.4. The predicted molar refractivity (Wildman–Crippen MR) is 126 cm³/mol. The lowest BCUT2D eigenvalue weighted by Crippen LogP contribution is -2.17. The SMILES string of the molecule is CCOC(=O)c1c(NC(=O)c2cnn3c(C(F)(F)F)cc(-c4cccs4)nc23)sc2c1CCCC2. The van der Waals surface area contributed by atoms with Crippen LogP contribution in [0.15, 0.2) is 29.8 Å². The number of anilines is 1. The summed E-state index contributed by atoms with van der Waals surface area (Å²) in [6.45, 7) is 1.88. The molecule has 7 nitrogen and oxygen atoms in total. The van der Waals surface area contributed by atoms with Crippen LogP contribution >= 0.6 is 22.7 Å². The highest BCUT2D eigenvalue weighted by Gasteiger charge is 2.36. The van der Waals surface area contributed by atoms with E-state index in [4.69, 9.17) is 4.74 Å². The van der Waals surface area contributed by atoms with Gasteiger partial charge in [-0.2, -0.15) is 18.3 Å². The fourth-order valence-corrected chi connectivity index (χ4v) is 6.08. The van der Waals surface area contributed by atoms with Crippen molar-refractivity contribution in [2.45, 2.75) is 38.8 Å². The Kier molecular flexibility index (Phi) is 6.09. The van der Waals surface area contributed by atoms with Gasteiger partial charge in [0.1, 0.15) is 10.6 Å². The average Bonchev–Trinajstić information content (AvgIpc) is 3.55. The lowest BCUT2D eigenvalue weighted by Gasteiger charge is -2.12. The molecule has 0 atom stereocenters. The summed E-state index contributed by atoms with van der Waals surface area (Å²) in [4.78, 5) is 31.8. The first-order valence-electron chi connectivity index (χ1n) is 10.9. The number of nitrogens with one attached hydrogen (secondary N) is 1. The molecule has 0 aliphatic heterocycles. The van der Waals surface area contributed by atoms with Crippen LogP contribution in [0.3, 0.4) is 0 Å². The third-order valence-corrected chi connectivity index (χ3v) is 7.76. The van der Waals surface area contributed by atoms with Crippen molar-refractivity contribution in [1.29, 1.82) is 0 Å². The summed E-state index contributed by atoms with van der Waals surface area (Å²) < 4.78 is 47.3. The van der Waals surface area contributed by atoms with E-state index in [1.165, 1.54) is 22.7 Å². The molecule has 4 aromatic rings. The Bertz CT molecular complexity index is 1420. The molecular formula is C23H19F3N4O3S2. The van der Waals surface area contributed by atoms with Gasteiger partial charge in [-0.25, -0.2) is 14.3 Å². The van der Waals surface area contributed by atoms with Crippen molar-refractivity contribution in [3.8, 4) is 10.6 Å². The summed E-state index contributed by atoms with van der Waals surface area (Å²) in [5.41, 5.74) is -0.112. The molecule has 0 saturated carbocycles. The summed E-state index contributed by atoms with van der Waals surface area (Å²) >= 11 is 2.54. The Morgan fingerprint density at radius 2 is 2.06 bits per heavy atom. The van der Waals surface area contributed by atoms with Crippen LogP contribution in [0, 0.1) is 0 Å². The topological polar surface area (TPSA) is 85.6 Å². The van der Waals surface area contributed by atoms with Crippen molar-refractivity contribution in [1.82, 2.24) is 14.6 Å². The fraction of sp³-hybridized carbons (Fsp3) is 0.304. The Hall–Kier alpha value is -3.25. The van der Waals surface area contributed by atoms with Crippen LogP contribution in [0.25, 0.3) is 16.2 Å². The van der Waals surface area contributed by atoms with Crippen molar-refractivity contribution >= 4 is 45.2 Å². The summed E-state index contributed by atoms with van der Waals surface area (Å²) in [6.07, 6.45) is -0.257. The molecule has 1 N–H and O–H groups in total. The lowest BCUT2D eigenvalue weighted by molar-refractivity contribution is -0.142. The van der Waals surface area contributed by atoms with Gasteiger partial charge in [0.15, 0.2) is 11.3 Å². The van der Waals surface area contributed by atoms with Gasteiger partial charge in [-0.1, -0.05) is 6.07 Å². The molecule has 35 heavy (non-hydrogen) atoms. The number of rotatable bonds is 5. The minimum absolute atomic E-state index is 0.0909. The molecule has 4 heterocycles. The van der Waals surface area contributed by atoms with Crippen LogP contribution in [-0.4, -0.2) is 33.1 Å². The number of aromatic nitrogens is 3. The van der Waals surface area contributed by atoms with Gasteiger partial charge < -0.3 is 10.1 Å². The highest BCUT2D eigenvalue weighted by atomic mass is 32.1. The van der Waals surface area contributed by atoms with E-state index in [1.807, 2.05) is 0 Å². The third-order valence-electron chi connectivity index (χ3n) is 5.66. The number of alkyl halides is 3. The zero-order chi connectivity index (χ0) is 24.7. The predicted octanol–water partition coefficient (Wildman–Crippen LogP) is 5.85. The molecule has 5 rings (SSSR count). The number of hydrogen-bond donors (Lipinski definition) is 1. The van der Waals surface area contributed by atoms with Gasteiger partial charge in [0.25, 0.3) is 5.91 Å². The molecule has 1 amide bonds. The maximum Gasteiger partial charge on any atom is 0.433 e. The third kappa shape index (κ3) is 4.31. The second kappa shape index (κ2) is 9.08. The van der Waals surface area contributed by atoms with E-state index >= 15 is 0 Å². The highest BCUT2D eigenvalue weighted by molar-refractivity contribution is 7.17. The van der Waals surface area contributed by atoms with Gasteiger partial charge in [-0.15, -0.1) is 22.7 Å². The summed E-state index contributed by atoms with van der Waals surface area (Å²) in [5.74, 6) is -1.23. The van der Waals surface area contributed by atoms with E-state index in [2.05, 4.69) is 15.4 Å². The number of amides is 1. The first kappa shape index (κ1) is 23.5. The van der Waals surface area contributed by atoms with Crippen molar-refractivity contribution in [3.05, 3.63) is 57.0 Å². The molecule has 0 bridgehead atoms. The number of nitrogens with zero attached hydrogens (tertiary/aromatic N) is 3. The smallest absolute Gasteiger partial charge is 0.433 e. The summed E-state index contributed by atoms with van der Waals surface area (Å²) in [7, 11) is 0. The van der Waals surface area contributed by atoms with E-state index in [9.17, 15) is 22.8 Å². The highest BCUT2D eigenvalue weighted by Crippen LogP contribution is 2.39. The first-order chi connectivity index (χ1) is 16.8. The molecule has 4 aromatic heterocycles. The molecule has 0 fully saturated rings. The van der Waals surface area contributed by atoms with Crippen LogP contribution in [0.1, 0.15) is 56.6 Å². The largest absolute Gasteiger partial charge is 0.462 e. The van der Waals surface area contributed by atoms with Crippen molar-refractivity contribution in [3.63, 3.8) is 0 Å². The van der Waals surface area contributed by atoms with E-state index in [0.717, 1.165) is 42.0 Å². The standard InChI is InChI=1S/C23H19F3N4O3S2/c1-2-33-22(32)18-12-6-3-4-7-15(12)35-21(18)29-20(31)13-11-27-30-17(23(24,25)26)10-14(28-19(13)30)16-8-5-9-34-16/h5,8-11H,2-4,6-7H2,1H3,(H,29,31). The van der Waals surface area contributed by atoms with Gasteiger partial charge in [0.2, 0.25) is 0 Å². The van der Waals surface area contributed by atoms with Gasteiger partial charge >= 0.3 is 12.1 Å². The number of thiophene rings is 2. The minimum atomic E-state index is -4.71. The molecule has 182 valence electrons. The number of aryl methyl sites for hydroxylation is 1. The minimum Gasteiger partial charge on any atom is -0.462 e. The molecule has 1 aliphatic carbocycles. The Labute approximate surface area is 205 Å². The molecular weight excluding hydrogens is 501 g/mol. The van der Waals surface area contributed by atoms with Crippen molar-refractivity contribution < 1.29 is 27.5 Å². The lowest BCUT2D eigenvalue weighted by atomic mass is 9.95. The first-order valence-corrected chi connectivity index (χ1v) is 12.6. The van der Waals surface area contributed by atoms with Crippen LogP contribution in [0.2, 0.25) is 0 Å². The molecule has 12 heteroatoms. The number of carbonyl (C=O) groups excluding carboxylic acids is 2. The molecule has 0 aromatic carbocycles. The number of halogens is 3. The maximum absolute atomic E-state index is 13.8. The quantitative estimate of drug-likeness (QED) is 0.334. The van der Waals surface area contributed by atoms with E-state index in [-0.39, 0.29) is 23.5 Å². The van der Waals surface area contributed by atoms with Crippen molar-refractivity contribution in [2.75, 3.05) is 11.9 Å². The number of esters is 1. The Morgan fingerprint density at radius 3 is 2.77 bits per heavy atom. The van der Waals surface area contributed by atoms with Gasteiger partial charge in [0.05, 0.1) is 28.9 Å². The molecule has 0 unspecified atom stereocenters. The molecule has 0 radical (unpaired) electrons. The average molecular weight is 521 g/mol. The monoisotopic (exact) mass is 520 g/mol. The number of fused-ring (bicyclic) bond motifs is 2. The van der Waals surface area contributed by atoms with Crippen molar-refractivity contribution in [2.24, 2.45) is 0 Å². The molecule has 0 saturated heterocycles. The van der Waals surface area contributed by atoms with E-state index < -0.39 is 23.7 Å². The van der Waals surface area contributed by atoms with Gasteiger partial charge in [-0.05, 0) is 55.7 Å². The summed E-state index contributed by atoms with van der Waals surface area (Å²) in [5, 5.41) is 8.59. The van der Waals surface area contributed by atoms with Crippen LogP contribution in [-0.2, 0) is 23.8 Å². The molecule has 0 spiro atoms. The zero-order valence-corrected chi connectivity index (χ0v) is 20.1. The Balaban J connectivity index is 1.58. The second-order valence-electron chi connectivity index (χ2n) is 7.88. The van der Waals surface area contributed by atoms with Gasteiger partial charge in [0, 0.05) is 4.88 Å². The van der Waals surface area contributed by atoms with Crippen LogP contribution in [0.4, 0.5) is 18.2 Å². The van der Waals surface area contributed by atoms with Crippen LogP contribution in [0.5, 0.6) is 0 Å². The number of carbonyl (C=O) groups is 2. The second-order valence-corrected chi connectivity index (χ2v) is 9.94. The fourth-order valence-electron chi connectivity index (χ4n) is 4.12. The maximum atomic E-state index is 13.8. The number of hydrogen-bond acceptors (Lipinski definition) is 7. The Morgan fingerprint density at radius 1 is 1.26 bits per heavy atom.